The number of fused-ring (bicyclic) bond motifs is 1. The Bertz CT molecular complexity index is 1880. The minimum Gasteiger partial charge on any atom is -0.508 e. The van der Waals surface area contributed by atoms with Crippen LogP contribution in [0.3, 0.4) is 0 Å². The number of aromatic hydroxyl groups is 1. The van der Waals surface area contributed by atoms with Crippen LogP contribution in [0.5, 0.6) is 5.75 Å². The number of nitrogens with zero attached hydrogens (tertiary/aromatic N) is 4. The van der Waals surface area contributed by atoms with Crippen LogP contribution in [0.25, 0.3) is 10.9 Å². The van der Waals surface area contributed by atoms with Gasteiger partial charge in [-0.2, -0.15) is 0 Å². The molecule has 44 heavy (non-hydrogen) atoms. The van der Waals surface area contributed by atoms with Gasteiger partial charge in [0.25, 0.3) is 5.56 Å². The molecule has 0 aliphatic carbocycles. The number of nitrogens with one attached hydrogen (secondary N) is 1. The van der Waals surface area contributed by atoms with E-state index in [-0.39, 0.29) is 31.1 Å². The number of aromatic nitrogens is 4. The second-order valence-corrected chi connectivity index (χ2v) is 13.5. The SMILES string of the molecule is CCOP(=O)(OCC)C(Nc1ccc(C)cc1)c1cc(Cn2cc(Cn3c(=O)cc(C)c4cc(Br)ccc43)nn2)ccc1O. The van der Waals surface area contributed by atoms with Crippen LogP contribution in [0.15, 0.2) is 82.2 Å². The molecule has 1 atom stereocenters. The minimum atomic E-state index is -3.77. The molecule has 10 nitrogen and oxygen atoms in total. The number of pyridine rings is 1. The zero-order chi connectivity index (χ0) is 31.4. The molecule has 0 spiro atoms. The second kappa shape index (κ2) is 13.5. The third-order valence-electron chi connectivity index (χ3n) is 7.21. The zero-order valence-corrected chi connectivity index (χ0v) is 27.5. The fraction of sp³-hybridized carbons (Fsp3) is 0.281. The van der Waals surface area contributed by atoms with Gasteiger partial charge in [-0.05, 0) is 81.3 Å². The Morgan fingerprint density at radius 1 is 0.977 bits per heavy atom. The van der Waals surface area contributed by atoms with E-state index in [1.165, 1.54) is 0 Å². The summed E-state index contributed by atoms with van der Waals surface area (Å²) in [5.41, 5.74) is 5.17. The van der Waals surface area contributed by atoms with Gasteiger partial charge in [0.15, 0.2) is 5.78 Å². The monoisotopic (exact) mass is 679 g/mol. The molecular formula is C32H35BrN5O5P. The quantitative estimate of drug-likeness (QED) is 0.133. The lowest BCUT2D eigenvalue weighted by atomic mass is 10.1. The van der Waals surface area contributed by atoms with Gasteiger partial charge in [-0.3, -0.25) is 9.36 Å². The number of aryl methyl sites for hydroxylation is 2. The number of rotatable bonds is 12. The summed E-state index contributed by atoms with van der Waals surface area (Å²) in [6.07, 6.45) is 1.79. The predicted octanol–water partition coefficient (Wildman–Crippen LogP) is 7.15. The first-order chi connectivity index (χ1) is 21.1. The average molecular weight is 681 g/mol. The van der Waals surface area contributed by atoms with E-state index >= 15 is 0 Å². The van der Waals surface area contributed by atoms with E-state index in [1.54, 1.807) is 53.6 Å². The van der Waals surface area contributed by atoms with E-state index in [9.17, 15) is 14.5 Å². The number of hydrogen-bond acceptors (Lipinski definition) is 8. The fourth-order valence-electron chi connectivity index (χ4n) is 5.12. The molecule has 0 amide bonds. The van der Waals surface area contributed by atoms with Gasteiger partial charge in [-0.15, -0.1) is 5.10 Å². The van der Waals surface area contributed by atoms with Gasteiger partial charge in [0.1, 0.15) is 11.4 Å². The molecule has 0 aliphatic heterocycles. The van der Waals surface area contributed by atoms with Crippen LogP contribution in [-0.4, -0.2) is 37.9 Å². The number of halogens is 1. The maximum absolute atomic E-state index is 14.1. The molecule has 12 heteroatoms. The van der Waals surface area contributed by atoms with Gasteiger partial charge in [-0.25, -0.2) is 4.68 Å². The Kier molecular flexibility index (Phi) is 9.70. The van der Waals surface area contributed by atoms with Gasteiger partial charge in [0, 0.05) is 27.2 Å². The lowest BCUT2D eigenvalue weighted by molar-refractivity contribution is 0.213. The third-order valence-corrected chi connectivity index (χ3v) is 9.98. The molecule has 2 N–H and O–H groups in total. The molecule has 0 aliphatic rings. The number of phenolic OH excluding ortho intramolecular Hbond substituents is 1. The summed E-state index contributed by atoms with van der Waals surface area (Å²) in [5.74, 6) is -1.02. The van der Waals surface area contributed by atoms with Crippen molar-refractivity contribution in [3.8, 4) is 5.75 Å². The van der Waals surface area contributed by atoms with Crippen molar-refractivity contribution in [3.05, 3.63) is 116 Å². The molecule has 5 aromatic rings. The lowest BCUT2D eigenvalue weighted by Crippen LogP contribution is -2.21. The summed E-state index contributed by atoms with van der Waals surface area (Å²) in [6, 6.07) is 20.2. The minimum absolute atomic E-state index is 0.0467. The fourth-order valence-corrected chi connectivity index (χ4v) is 7.43. The van der Waals surface area contributed by atoms with Crippen molar-refractivity contribution >= 4 is 40.1 Å². The molecule has 2 aromatic heterocycles. The molecule has 3 aromatic carbocycles. The second-order valence-electron chi connectivity index (χ2n) is 10.5. The maximum atomic E-state index is 14.1. The van der Waals surface area contributed by atoms with Gasteiger partial charge in [0.05, 0.1) is 38.0 Å². The molecule has 0 saturated carbocycles. The van der Waals surface area contributed by atoms with E-state index in [2.05, 4.69) is 31.6 Å². The number of anilines is 1. The summed E-state index contributed by atoms with van der Waals surface area (Å²) < 4.78 is 29.8. The standard InChI is InChI=1S/C32H35BrN5O5P/c1-5-42-44(41,43-6-2)32(34-25-11-7-21(3)8-12-25)28-16-23(9-14-30(28)39)18-37-19-26(35-36-37)20-38-29-13-10-24(33)17-27(29)22(4)15-31(38)40/h7-17,19,32,34,39H,5-6,18,20H2,1-4H3. The van der Waals surface area contributed by atoms with Crippen molar-refractivity contribution in [2.75, 3.05) is 18.5 Å². The molecule has 0 bridgehead atoms. The molecular weight excluding hydrogens is 645 g/mol. The maximum Gasteiger partial charge on any atom is 0.357 e. The van der Waals surface area contributed by atoms with Crippen molar-refractivity contribution in [3.63, 3.8) is 0 Å². The van der Waals surface area contributed by atoms with E-state index in [4.69, 9.17) is 9.05 Å². The number of phenols is 1. The summed E-state index contributed by atoms with van der Waals surface area (Å²) >= 11 is 3.51. The van der Waals surface area contributed by atoms with Gasteiger partial charge < -0.3 is 24.0 Å². The van der Waals surface area contributed by atoms with Crippen molar-refractivity contribution in [1.82, 2.24) is 19.6 Å². The normalized spacial score (nSPS) is 12.5. The summed E-state index contributed by atoms with van der Waals surface area (Å²) in [4.78, 5) is 12.9. The van der Waals surface area contributed by atoms with Crippen molar-refractivity contribution in [2.45, 2.75) is 46.6 Å². The summed E-state index contributed by atoms with van der Waals surface area (Å²) in [6.45, 7) is 8.32. The Labute approximate surface area is 264 Å². The first-order valence-corrected chi connectivity index (χ1v) is 16.7. The highest BCUT2D eigenvalue weighted by Crippen LogP contribution is 2.62. The summed E-state index contributed by atoms with van der Waals surface area (Å²) in [5, 5.41) is 23.8. The topological polar surface area (TPSA) is 121 Å². The Hall–Kier alpha value is -3.76. The third kappa shape index (κ3) is 6.97. The smallest absolute Gasteiger partial charge is 0.357 e. The highest BCUT2D eigenvalue weighted by Gasteiger charge is 2.39. The largest absolute Gasteiger partial charge is 0.508 e. The van der Waals surface area contributed by atoms with Crippen LogP contribution >= 0.6 is 23.5 Å². The number of hydrogen-bond donors (Lipinski definition) is 2. The highest BCUT2D eigenvalue weighted by atomic mass is 79.9. The Morgan fingerprint density at radius 3 is 2.41 bits per heavy atom. The highest BCUT2D eigenvalue weighted by molar-refractivity contribution is 9.10. The molecule has 0 fully saturated rings. The molecule has 0 radical (unpaired) electrons. The van der Waals surface area contributed by atoms with Gasteiger partial charge in [-0.1, -0.05) is 44.9 Å². The first-order valence-electron chi connectivity index (χ1n) is 14.3. The van der Waals surface area contributed by atoms with Gasteiger partial charge >= 0.3 is 7.60 Å². The zero-order valence-electron chi connectivity index (χ0n) is 25.0. The predicted molar refractivity (Wildman–Crippen MR) is 175 cm³/mol. The van der Waals surface area contributed by atoms with Crippen LogP contribution < -0.4 is 10.9 Å². The van der Waals surface area contributed by atoms with Gasteiger partial charge in [0.2, 0.25) is 0 Å². The molecule has 5 rings (SSSR count). The van der Waals surface area contributed by atoms with Crippen LogP contribution in [0.4, 0.5) is 5.69 Å². The molecule has 0 saturated heterocycles. The molecule has 2 heterocycles. The van der Waals surface area contributed by atoms with E-state index in [0.717, 1.165) is 32.1 Å². The van der Waals surface area contributed by atoms with E-state index in [0.29, 0.717) is 23.5 Å². The van der Waals surface area contributed by atoms with Crippen molar-refractivity contribution < 1.29 is 18.7 Å². The van der Waals surface area contributed by atoms with Crippen LogP contribution in [0.2, 0.25) is 0 Å². The van der Waals surface area contributed by atoms with E-state index in [1.807, 2.05) is 56.3 Å². The van der Waals surface area contributed by atoms with Crippen LogP contribution in [0, 0.1) is 13.8 Å². The molecule has 1 unspecified atom stereocenters. The first kappa shape index (κ1) is 31.7. The van der Waals surface area contributed by atoms with Crippen molar-refractivity contribution in [1.29, 1.82) is 0 Å². The summed E-state index contributed by atoms with van der Waals surface area (Å²) in [7, 11) is -3.77. The van der Waals surface area contributed by atoms with Crippen molar-refractivity contribution in [2.24, 2.45) is 0 Å². The van der Waals surface area contributed by atoms with E-state index < -0.39 is 13.4 Å². The molecule has 230 valence electrons. The lowest BCUT2D eigenvalue weighted by Gasteiger charge is -2.29. The van der Waals surface area contributed by atoms with Crippen LogP contribution in [-0.2, 0) is 26.7 Å². The average Bonchev–Trinajstić information content (AvgIpc) is 3.43. The Balaban J connectivity index is 1.44. The number of benzene rings is 3. The Morgan fingerprint density at radius 2 is 1.70 bits per heavy atom. The van der Waals surface area contributed by atoms with Crippen LogP contribution in [0.1, 0.15) is 47.6 Å².